The van der Waals surface area contributed by atoms with E-state index in [1.807, 2.05) is 0 Å². The van der Waals surface area contributed by atoms with Gasteiger partial charge >= 0.3 is 5.97 Å². The normalized spacial score (nSPS) is 15.2. The molecular formula is C14H27ClN2O3. The molecule has 0 aliphatic carbocycles. The number of carbonyl (C=O) groups excluding carboxylic acids is 2. The predicted octanol–water partition coefficient (Wildman–Crippen LogP) is 1.65. The predicted molar refractivity (Wildman–Crippen MR) is 81.0 cm³/mol. The maximum absolute atomic E-state index is 11.8. The van der Waals surface area contributed by atoms with Gasteiger partial charge in [-0.2, -0.15) is 0 Å². The number of rotatable bonds is 8. The van der Waals surface area contributed by atoms with Crippen molar-refractivity contribution in [3.63, 3.8) is 0 Å². The van der Waals surface area contributed by atoms with Crippen molar-refractivity contribution in [1.82, 2.24) is 10.6 Å². The molecule has 6 heteroatoms. The minimum Gasteiger partial charge on any atom is -0.469 e. The number of halogens is 1. The number of piperidine rings is 1. The summed E-state index contributed by atoms with van der Waals surface area (Å²) in [4.78, 5) is 22.7. The van der Waals surface area contributed by atoms with Crippen LogP contribution < -0.4 is 10.6 Å². The molecule has 1 amide bonds. The van der Waals surface area contributed by atoms with Crippen LogP contribution in [0, 0.1) is 5.92 Å². The van der Waals surface area contributed by atoms with Gasteiger partial charge in [0.05, 0.1) is 7.11 Å². The second kappa shape index (κ2) is 12.0. The van der Waals surface area contributed by atoms with E-state index < -0.39 is 0 Å². The Morgan fingerprint density at radius 1 is 1.15 bits per heavy atom. The summed E-state index contributed by atoms with van der Waals surface area (Å²) in [6, 6.07) is 0. The minimum atomic E-state index is -0.140. The standard InChI is InChI=1S/C14H26N2O3.ClH/c1-19-13(17)6-4-2-3-5-9-16-14(18)12-7-10-15-11-8-12;/h12,15H,2-11H2,1H3,(H,16,18);1H. The van der Waals surface area contributed by atoms with Crippen molar-refractivity contribution in [2.24, 2.45) is 5.92 Å². The molecule has 5 nitrogen and oxygen atoms in total. The van der Waals surface area contributed by atoms with Gasteiger partial charge < -0.3 is 15.4 Å². The maximum Gasteiger partial charge on any atom is 0.305 e. The Labute approximate surface area is 127 Å². The summed E-state index contributed by atoms with van der Waals surface area (Å²) in [7, 11) is 1.42. The van der Waals surface area contributed by atoms with Gasteiger partial charge in [0.15, 0.2) is 0 Å². The smallest absolute Gasteiger partial charge is 0.305 e. The summed E-state index contributed by atoms with van der Waals surface area (Å²) >= 11 is 0. The van der Waals surface area contributed by atoms with Crippen molar-refractivity contribution in [2.45, 2.75) is 44.9 Å². The lowest BCUT2D eigenvalue weighted by atomic mass is 9.97. The van der Waals surface area contributed by atoms with E-state index in [2.05, 4.69) is 15.4 Å². The van der Waals surface area contributed by atoms with Crippen molar-refractivity contribution in [3.8, 4) is 0 Å². The number of methoxy groups -OCH3 is 1. The van der Waals surface area contributed by atoms with Crippen molar-refractivity contribution < 1.29 is 14.3 Å². The summed E-state index contributed by atoms with van der Waals surface area (Å²) in [6.07, 6.45) is 6.31. The average Bonchev–Trinajstić information content (AvgIpc) is 2.46. The van der Waals surface area contributed by atoms with Crippen LogP contribution in [0.3, 0.4) is 0 Å². The highest BCUT2D eigenvalue weighted by Gasteiger charge is 2.19. The third-order valence-corrected chi connectivity index (χ3v) is 3.54. The van der Waals surface area contributed by atoms with Crippen LogP contribution in [0.25, 0.3) is 0 Å². The van der Waals surface area contributed by atoms with E-state index in [0.29, 0.717) is 6.42 Å². The molecule has 0 unspecified atom stereocenters. The number of amides is 1. The maximum atomic E-state index is 11.8. The van der Waals surface area contributed by atoms with E-state index in [1.165, 1.54) is 7.11 Å². The quantitative estimate of drug-likeness (QED) is 0.528. The lowest BCUT2D eigenvalue weighted by molar-refractivity contribution is -0.140. The zero-order chi connectivity index (χ0) is 13.9. The van der Waals surface area contributed by atoms with Gasteiger partial charge in [-0.3, -0.25) is 9.59 Å². The van der Waals surface area contributed by atoms with Crippen LogP contribution in [0.15, 0.2) is 0 Å². The monoisotopic (exact) mass is 306 g/mol. The molecular weight excluding hydrogens is 280 g/mol. The Bertz CT molecular complexity index is 282. The fourth-order valence-electron chi connectivity index (χ4n) is 2.29. The Hall–Kier alpha value is -0.810. The number of esters is 1. The number of hydrogen-bond acceptors (Lipinski definition) is 4. The first-order valence-electron chi connectivity index (χ1n) is 7.29. The van der Waals surface area contributed by atoms with Crippen molar-refractivity contribution in [1.29, 1.82) is 0 Å². The Balaban J connectivity index is 0.00000361. The summed E-state index contributed by atoms with van der Waals surface area (Å²) < 4.78 is 4.58. The SMILES string of the molecule is COC(=O)CCCCCCNC(=O)C1CCNCC1.Cl. The molecule has 1 aliphatic rings. The summed E-state index contributed by atoms with van der Waals surface area (Å²) in [5, 5.41) is 6.26. The van der Waals surface area contributed by atoms with E-state index in [4.69, 9.17) is 0 Å². The van der Waals surface area contributed by atoms with E-state index in [1.54, 1.807) is 0 Å². The molecule has 0 radical (unpaired) electrons. The first-order valence-corrected chi connectivity index (χ1v) is 7.29. The Morgan fingerprint density at radius 2 is 1.80 bits per heavy atom. The largest absolute Gasteiger partial charge is 0.469 e. The molecule has 1 saturated heterocycles. The van der Waals surface area contributed by atoms with Crippen LogP contribution in [0.1, 0.15) is 44.9 Å². The third-order valence-electron chi connectivity index (χ3n) is 3.54. The summed E-state index contributed by atoms with van der Waals surface area (Å²) in [5.41, 5.74) is 0. The van der Waals surface area contributed by atoms with Crippen LogP contribution in [-0.2, 0) is 14.3 Å². The van der Waals surface area contributed by atoms with E-state index in [9.17, 15) is 9.59 Å². The van der Waals surface area contributed by atoms with Crippen LogP contribution in [0.5, 0.6) is 0 Å². The minimum absolute atomic E-state index is 0. The number of unbranched alkanes of at least 4 members (excludes halogenated alkanes) is 3. The van der Waals surface area contributed by atoms with Gasteiger partial charge in [0, 0.05) is 18.9 Å². The first-order chi connectivity index (χ1) is 9.24. The van der Waals surface area contributed by atoms with Crippen molar-refractivity contribution >= 4 is 24.3 Å². The molecule has 2 N–H and O–H groups in total. The van der Waals surface area contributed by atoms with Gasteiger partial charge in [0.1, 0.15) is 0 Å². The second-order valence-corrected chi connectivity index (χ2v) is 5.06. The summed E-state index contributed by atoms with van der Waals surface area (Å²) in [6.45, 7) is 2.65. The van der Waals surface area contributed by atoms with Crippen molar-refractivity contribution in [3.05, 3.63) is 0 Å². The molecule has 1 fully saturated rings. The average molecular weight is 307 g/mol. The highest BCUT2D eigenvalue weighted by molar-refractivity contribution is 5.85. The number of carbonyl (C=O) groups is 2. The zero-order valence-electron chi connectivity index (χ0n) is 12.3. The van der Waals surface area contributed by atoms with Gasteiger partial charge in [0.2, 0.25) is 5.91 Å². The number of ether oxygens (including phenoxy) is 1. The highest BCUT2D eigenvalue weighted by Crippen LogP contribution is 2.11. The molecule has 0 saturated carbocycles. The van der Waals surface area contributed by atoms with E-state index >= 15 is 0 Å². The molecule has 20 heavy (non-hydrogen) atoms. The van der Waals surface area contributed by atoms with Gasteiger partial charge in [0.25, 0.3) is 0 Å². The Morgan fingerprint density at radius 3 is 2.45 bits per heavy atom. The van der Waals surface area contributed by atoms with Crippen LogP contribution >= 0.6 is 12.4 Å². The van der Waals surface area contributed by atoms with Gasteiger partial charge in [-0.05, 0) is 38.8 Å². The fraction of sp³-hybridized carbons (Fsp3) is 0.857. The molecule has 1 rings (SSSR count). The molecule has 118 valence electrons. The molecule has 0 aromatic carbocycles. The zero-order valence-corrected chi connectivity index (χ0v) is 13.1. The molecule has 1 heterocycles. The van der Waals surface area contributed by atoms with E-state index in [-0.39, 0.29) is 30.2 Å². The van der Waals surface area contributed by atoms with Crippen LogP contribution in [-0.4, -0.2) is 38.6 Å². The number of nitrogens with one attached hydrogen (secondary N) is 2. The van der Waals surface area contributed by atoms with Gasteiger partial charge in [-0.25, -0.2) is 0 Å². The molecule has 0 aromatic rings. The topological polar surface area (TPSA) is 67.4 Å². The molecule has 0 atom stereocenters. The second-order valence-electron chi connectivity index (χ2n) is 5.06. The lowest BCUT2D eigenvalue weighted by Gasteiger charge is -2.21. The first kappa shape index (κ1) is 19.2. The fourth-order valence-corrected chi connectivity index (χ4v) is 2.29. The molecule has 1 aliphatic heterocycles. The van der Waals surface area contributed by atoms with Crippen LogP contribution in [0.2, 0.25) is 0 Å². The van der Waals surface area contributed by atoms with Crippen LogP contribution in [0.4, 0.5) is 0 Å². The van der Waals surface area contributed by atoms with Gasteiger partial charge in [-0.15, -0.1) is 12.4 Å². The lowest BCUT2D eigenvalue weighted by Crippen LogP contribution is -2.38. The third kappa shape index (κ3) is 8.38. The summed E-state index contributed by atoms with van der Waals surface area (Å²) in [5.74, 6) is 0.260. The van der Waals surface area contributed by atoms with Crippen molar-refractivity contribution in [2.75, 3.05) is 26.7 Å². The molecule has 0 bridgehead atoms. The highest BCUT2D eigenvalue weighted by atomic mass is 35.5. The number of hydrogen-bond donors (Lipinski definition) is 2. The van der Waals surface area contributed by atoms with Gasteiger partial charge in [-0.1, -0.05) is 12.8 Å². The van der Waals surface area contributed by atoms with E-state index in [0.717, 1.165) is 58.2 Å². The molecule has 0 aromatic heterocycles. The Kier molecular flexibility index (Phi) is 11.5. The molecule has 0 spiro atoms.